The van der Waals surface area contributed by atoms with E-state index in [2.05, 4.69) is 27.2 Å². The first-order chi connectivity index (χ1) is 8.80. The van der Waals surface area contributed by atoms with Crippen molar-refractivity contribution in [3.05, 3.63) is 36.5 Å². The first-order valence-electron chi connectivity index (χ1n) is 5.92. The minimum Gasteiger partial charge on any atom is -0.481 e. The number of nitrogens with one attached hydrogen (secondary N) is 2. The largest absolute Gasteiger partial charge is 0.481 e. The summed E-state index contributed by atoms with van der Waals surface area (Å²) in [7, 11) is 1.60. The third kappa shape index (κ3) is 4.86. The number of pyridine rings is 1. The first kappa shape index (κ1) is 14.0. The molecule has 0 fully saturated rings. The van der Waals surface area contributed by atoms with Crippen molar-refractivity contribution in [1.82, 2.24) is 15.6 Å². The van der Waals surface area contributed by atoms with Gasteiger partial charge in [-0.25, -0.2) is 9.98 Å². The van der Waals surface area contributed by atoms with E-state index in [0.717, 1.165) is 18.1 Å². The summed E-state index contributed by atoms with van der Waals surface area (Å²) in [4.78, 5) is 8.52. The van der Waals surface area contributed by atoms with E-state index < -0.39 is 0 Å². The summed E-state index contributed by atoms with van der Waals surface area (Å²) in [5, 5.41) is 6.30. The van der Waals surface area contributed by atoms with Crippen molar-refractivity contribution < 1.29 is 4.74 Å². The van der Waals surface area contributed by atoms with Gasteiger partial charge in [0.2, 0.25) is 5.88 Å². The molecule has 5 nitrogen and oxygen atoms in total. The lowest BCUT2D eigenvalue weighted by atomic mass is 10.3. The lowest BCUT2D eigenvalue weighted by Gasteiger charge is -2.09. The fourth-order valence-corrected chi connectivity index (χ4v) is 1.34. The number of guanidine groups is 1. The third-order valence-electron chi connectivity index (χ3n) is 2.19. The second-order valence-electron chi connectivity index (χ2n) is 3.57. The van der Waals surface area contributed by atoms with Gasteiger partial charge in [-0.15, -0.1) is 6.58 Å². The SMILES string of the molecule is C=CCNC(=NCc1ccnc(OC)c1)NCC. The number of aliphatic imine (C=N–C) groups is 1. The van der Waals surface area contributed by atoms with E-state index in [1.54, 1.807) is 19.4 Å². The number of rotatable bonds is 6. The molecule has 0 bridgehead atoms. The zero-order valence-corrected chi connectivity index (χ0v) is 10.9. The first-order valence-corrected chi connectivity index (χ1v) is 5.92. The van der Waals surface area contributed by atoms with E-state index in [1.807, 2.05) is 19.1 Å². The van der Waals surface area contributed by atoms with Crippen LogP contribution in [-0.4, -0.2) is 31.1 Å². The molecule has 98 valence electrons. The lowest BCUT2D eigenvalue weighted by molar-refractivity contribution is 0.397. The van der Waals surface area contributed by atoms with Crippen molar-refractivity contribution in [2.24, 2.45) is 4.99 Å². The number of hydrogen-bond acceptors (Lipinski definition) is 3. The van der Waals surface area contributed by atoms with E-state index >= 15 is 0 Å². The average molecular weight is 248 g/mol. The van der Waals surface area contributed by atoms with Crippen LogP contribution >= 0.6 is 0 Å². The smallest absolute Gasteiger partial charge is 0.213 e. The zero-order valence-electron chi connectivity index (χ0n) is 10.9. The number of methoxy groups -OCH3 is 1. The minimum absolute atomic E-state index is 0.575. The quantitative estimate of drug-likeness (QED) is 0.453. The van der Waals surface area contributed by atoms with E-state index in [4.69, 9.17) is 4.74 Å². The van der Waals surface area contributed by atoms with Gasteiger partial charge < -0.3 is 15.4 Å². The van der Waals surface area contributed by atoms with Crippen LogP contribution in [0.4, 0.5) is 0 Å². The second-order valence-corrected chi connectivity index (χ2v) is 3.57. The molecule has 0 unspecified atom stereocenters. The molecule has 0 atom stereocenters. The molecule has 0 aliphatic carbocycles. The molecule has 0 saturated heterocycles. The second kappa shape index (κ2) is 8.11. The number of aromatic nitrogens is 1. The summed E-state index contributed by atoms with van der Waals surface area (Å²) in [6, 6.07) is 3.80. The Morgan fingerprint density at radius 2 is 2.39 bits per heavy atom. The highest BCUT2D eigenvalue weighted by atomic mass is 16.5. The maximum Gasteiger partial charge on any atom is 0.213 e. The Balaban J connectivity index is 2.64. The molecular formula is C13H20N4O. The van der Waals surface area contributed by atoms with Crippen LogP contribution in [0.5, 0.6) is 5.88 Å². The average Bonchev–Trinajstić information content (AvgIpc) is 2.42. The van der Waals surface area contributed by atoms with E-state index in [-0.39, 0.29) is 0 Å². The van der Waals surface area contributed by atoms with E-state index in [9.17, 15) is 0 Å². The van der Waals surface area contributed by atoms with Gasteiger partial charge in [0.05, 0.1) is 13.7 Å². The Bertz CT molecular complexity index is 404. The van der Waals surface area contributed by atoms with Crippen LogP contribution in [0.2, 0.25) is 0 Å². The van der Waals surface area contributed by atoms with Gasteiger partial charge in [0.1, 0.15) is 0 Å². The third-order valence-corrected chi connectivity index (χ3v) is 2.19. The van der Waals surface area contributed by atoms with Crippen molar-refractivity contribution in [2.45, 2.75) is 13.5 Å². The van der Waals surface area contributed by atoms with Gasteiger partial charge in [-0.3, -0.25) is 0 Å². The Labute approximate surface area is 108 Å². The molecule has 1 aromatic rings. The van der Waals surface area contributed by atoms with Gasteiger partial charge in [0.15, 0.2) is 5.96 Å². The molecule has 0 amide bonds. The Morgan fingerprint density at radius 3 is 3.06 bits per heavy atom. The maximum absolute atomic E-state index is 5.07. The van der Waals surface area contributed by atoms with Crippen molar-refractivity contribution in [1.29, 1.82) is 0 Å². The standard InChI is InChI=1S/C13H20N4O/c1-4-7-16-13(14-5-2)17-10-11-6-8-15-12(9-11)18-3/h4,6,8-9H,1,5,7,10H2,2-3H3,(H2,14,16,17). The zero-order chi connectivity index (χ0) is 13.2. The van der Waals surface area contributed by atoms with Gasteiger partial charge in [0, 0.05) is 25.4 Å². The molecule has 18 heavy (non-hydrogen) atoms. The van der Waals surface area contributed by atoms with Gasteiger partial charge >= 0.3 is 0 Å². The van der Waals surface area contributed by atoms with Crippen LogP contribution in [0.15, 0.2) is 36.0 Å². The van der Waals surface area contributed by atoms with Gasteiger partial charge in [-0.2, -0.15) is 0 Å². The molecule has 0 aliphatic rings. The maximum atomic E-state index is 5.07. The van der Waals surface area contributed by atoms with Crippen molar-refractivity contribution in [3.63, 3.8) is 0 Å². The van der Waals surface area contributed by atoms with Crippen LogP contribution in [0, 0.1) is 0 Å². The molecule has 5 heteroatoms. The van der Waals surface area contributed by atoms with Gasteiger partial charge in [-0.1, -0.05) is 6.08 Å². The molecule has 1 heterocycles. The van der Waals surface area contributed by atoms with Crippen molar-refractivity contribution in [3.8, 4) is 5.88 Å². The lowest BCUT2D eigenvalue weighted by Crippen LogP contribution is -2.37. The van der Waals surface area contributed by atoms with Crippen LogP contribution in [0.1, 0.15) is 12.5 Å². The normalized spacial score (nSPS) is 10.9. The number of ether oxygens (including phenoxy) is 1. The van der Waals surface area contributed by atoms with E-state index in [1.165, 1.54) is 0 Å². The molecule has 0 spiro atoms. The molecule has 0 radical (unpaired) electrons. The molecule has 0 aliphatic heterocycles. The summed E-state index contributed by atoms with van der Waals surface area (Å²) in [5.74, 6) is 1.37. The summed E-state index contributed by atoms with van der Waals surface area (Å²) in [6.07, 6.45) is 3.51. The summed E-state index contributed by atoms with van der Waals surface area (Å²) < 4.78 is 5.07. The predicted molar refractivity (Wildman–Crippen MR) is 73.8 cm³/mol. The number of nitrogens with zero attached hydrogens (tertiary/aromatic N) is 2. The highest BCUT2D eigenvalue weighted by Gasteiger charge is 1.98. The minimum atomic E-state index is 0.575. The Kier molecular flexibility index (Phi) is 6.32. The Hall–Kier alpha value is -2.04. The van der Waals surface area contributed by atoms with Crippen molar-refractivity contribution in [2.75, 3.05) is 20.2 Å². The van der Waals surface area contributed by atoms with E-state index in [0.29, 0.717) is 19.0 Å². The highest BCUT2D eigenvalue weighted by Crippen LogP contribution is 2.09. The molecule has 0 saturated carbocycles. The Morgan fingerprint density at radius 1 is 1.56 bits per heavy atom. The monoisotopic (exact) mass is 248 g/mol. The van der Waals surface area contributed by atoms with Crippen LogP contribution in [0.3, 0.4) is 0 Å². The fraction of sp³-hybridized carbons (Fsp3) is 0.385. The van der Waals surface area contributed by atoms with Crippen LogP contribution < -0.4 is 15.4 Å². The fourth-order valence-electron chi connectivity index (χ4n) is 1.34. The molecule has 1 aromatic heterocycles. The van der Waals surface area contributed by atoms with Gasteiger partial charge in [-0.05, 0) is 18.6 Å². The molecular weight excluding hydrogens is 228 g/mol. The van der Waals surface area contributed by atoms with Crippen molar-refractivity contribution >= 4 is 5.96 Å². The molecule has 1 rings (SSSR count). The highest BCUT2D eigenvalue weighted by molar-refractivity contribution is 5.79. The summed E-state index contributed by atoms with van der Waals surface area (Å²) in [6.45, 7) is 7.77. The summed E-state index contributed by atoms with van der Waals surface area (Å²) in [5.41, 5.74) is 1.05. The number of hydrogen-bond donors (Lipinski definition) is 2. The molecule has 2 N–H and O–H groups in total. The van der Waals surface area contributed by atoms with Crippen LogP contribution in [0.25, 0.3) is 0 Å². The van der Waals surface area contributed by atoms with Crippen LogP contribution in [-0.2, 0) is 6.54 Å². The predicted octanol–water partition coefficient (Wildman–Crippen LogP) is 1.33. The van der Waals surface area contributed by atoms with Gasteiger partial charge in [0.25, 0.3) is 0 Å². The topological polar surface area (TPSA) is 58.5 Å². The summed E-state index contributed by atoms with van der Waals surface area (Å²) >= 11 is 0. The molecule has 0 aromatic carbocycles.